The molecule has 0 spiro atoms. The Labute approximate surface area is 63.4 Å². The highest BCUT2D eigenvalue weighted by Gasteiger charge is 2.33. The Morgan fingerprint density at radius 1 is 1.50 bits per heavy atom. The summed E-state index contributed by atoms with van der Waals surface area (Å²) in [7, 11) is 0. The maximum Gasteiger partial charge on any atom is 0.208 e. The molecule has 1 aliphatic heterocycles. The van der Waals surface area contributed by atoms with Gasteiger partial charge in [-0.15, -0.1) is 11.6 Å². The summed E-state index contributed by atoms with van der Waals surface area (Å²) in [5.74, 6) is 0. The number of hydrogen-bond donors (Lipinski definition) is 3. The van der Waals surface area contributed by atoms with Crippen molar-refractivity contribution in [3.63, 3.8) is 0 Å². The van der Waals surface area contributed by atoms with Crippen molar-refractivity contribution in [3.8, 4) is 0 Å². The van der Waals surface area contributed by atoms with Crippen LogP contribution in [0.3, 0.4) is 0 Å². The molecule has 0 aliphatic carbocycles. The van der Waals surface area contributed by atoms with Crippen LogP contribution in [0.15, 0.2) is 0 Å². The van der Waals surface area contributed by atoms with Gasteiger partial charge in [0.15, 0.2) is 6.30 Å². The van der Waals surface area contributed by atoms with E-state index in [9.17, 15) is 8.78 Å². The lowest BCUT2D eigenvalue weighted by Crippen LogP contribution is -2.64. The van der Waals surface area contributed by atoms with Gasteiger partial charge in [0, 0.05) is 0 Å². The lowest BCUT2D eigenvalue weighted by Gasteiger charge is -2.31. The van der Waals surface area contributed by atoms with Crippen molar-refractivity contribution >= 4 is 11.6 Å². The molecule has 4 unspecified atom stereocenters. The van der Waals surface area contributed by atoms with Crippen LogP contribution in [-0.4, -0.2) is 24.3 Å². The molecule has 60 valence electrons. The third kappa shape index (κ3) is 1.54. The Balaban J connectivity index is 2.51. The van der Waals surface area contributed by atoms with Crippen LogP contribution in [0.25, 0.3) is 0 Å². The van der Waals surface area contributed by atoms with Gasteiger partial charge in [-0.2, -0.15) is 0 Å². The first-order valence-electron chi connectivity index (χ1n) is 3.26. The molecule has 0 aromatic heterocycles. The smallest absolute Gasteiger partial charge is 0.208 e. The molecule has 4 atom stereocenters. The molecule has 1 fully saturated rings. The minimum Gasteiger partial charge on any atom is -0.314 e. The molecule has 1 heterocycles. The van der Waals surface area contributed by atoms with E-state index >= 15 is 0 Å². The Bertz CT molecular complexity index is 141. The first-order valence-corrected chi connectivity index (χ1v) is 3.20. The van der Waals surface area contributed by atoms with Crippen LogP contribution in [0, 0.1) is 0 Å². The maximum atomic E-state index is 12.6. The van der Waals surface area contributed by atoms with Gasteiger partial charge in [0.25, 0.3) is 0 Å². The predicted molar refractivity (Wildman–Crippen MR) is 33.7 cm³/mol. The van der Waals surface area contributed by atoms with E-state index in [1.54, 1.807) is 0 Å². The minimum absolute atomic E-state index is 0.872. The fourth-order valence-corrected chi connectivity index (χ4v) is 0.844. The van der Waals surface area contributed by atoms with Crippen LogP contribution in [-0.2, 0) is 0 Å². The molecule has 0 amide bonds. The van der Waals surface area contributed by atoms with E-state index in [2.05, 4.69) is 5.32 Å². The Kier molecular flexibility index (Phi) is 1.99. The zero-order valence-corrected chi connectivity index (χ0v) is 5.70. The molecular formula is C4H8ClF2N3. The summed E-state index contributed by atoms with van der Waals surface area (Å²) in [4.78, 5) is 0. The van der Waals surface area contributed by atoms with Crippen molar-refractivity contribution in [2.75, 3.05) is 0 Å². The predicted octanol–water partition coefficient (Wildman–Crippen LogP) is -0.380. The van der Waals surface area contributed by atoms with Crippen LogP contribution < -0.4 is 16.4 Å². The molecule has 10 heavy (non-hydrogen) atoms. The number of rotatable bonds is 1. The van der Waals surface area contributed by atoms with E-state index in [-0.39, 0.29) is 0 Å². The van der Waals surface area contributed by atoms with Gasteiger partial charge in [0.1, 0.15) is 6.79 Å². The fourth-order valence-electron chi connectivity index (χ4n) is 0.698. The second kappa shape index (κ2) is 2.96. The lowest BCUT2D eigenvalue weighted by atomic mass is 10.3. The van der Waals surface area contributed by atoms with Gasteiger partial charge in [-0.05, 0) is 0 Å². The summed E-state index contributed by atoms with van der Waals surface area (Å²) in [6, 6.07) is 0. The monoisotopic (exact) mass is 172 g/mol. The van der Waals surface area contributed by atoms with Gasteiger partial charge in [0.05, 0.1) is 6.17 Å². The molecule has 1 aliphatic rings. The van der Waals surface area contributed by atoms with Gasteiger partial charge in [-0.25, -0.2) is 14.1 Å². The number of hydrogen-bond acceptors (Lipinski definition) is 3. The normalized spacial score (nSPS) is 50.5. The third-order valence-corrected chi connectivity index (χ3v) is 1.70. The third-order valence-electron chi connectivity index (χ3n) is 1.23. The largest absolute Gasteiger partial charge is 0.314 e. The van der Waals surface area contributed by atoms with Gasteiger partial charge >= 0.3 is 0 Å². The van der Waals surface area contributed by atoms with E-state index < -0.39 is 24.3 Å². The zero-order valence-electron chi connectivity index (χ0n) is 5.94. The summed E-state index contributed by atoms with van der Waals surface area (Å²) < 4.78 is 31.7. The zero-order chi connectivity index (χ0) is 8.43. The van der Waals surface area contributed by atoms with Crippen molar-refractivity contribution in [1.82, 2.24) is 10.6 Å². The fraction of sp³-hybridized carbons (Fsp3) is 1.00. The van der Waals surface area contributed by atoms with Gasteiger partial charge < -0.3 is 5.73 Å². The molecule has 1 rings (SSSR count). The van der Waals surface area contributed by atoms with E-state index in [1.807, 2.05) is 11.0 Å². The second-order valence-corrected chi connectivity index (χ2v) is 2.52. The molecule has 1 saturated heterocycles. The highest BCUT2D eigenvalue weighted by atomic mass is 35.5. The SMILES string of the molecule is [2H]NC1NC(F)NC(F)C1Cl. The van der Waals surface area contributed by atoms with Crippen molar-refractivity contribution in [3.05, 3.63) is 0 Å². The first kappa shape index (κ1) is 6.72. The average molecular weight is 173 g/mol. The van der Waals surface area contributed by atoms with Crippen LogP contribution in [0.4, 0.5) is 8.78 Å². The van der Waals surface area contributed by atoms with Crippen LogP contribution in [0.2, 0.25) is 1.41 Å². The highest BCUT2D eigenvalue weighted by molar-refractivity contribution is 6.21. The van der Waals surface area contributed by atoms with Crippen molar-refractivity contribution in [2.45, 2.75) is 24.3 Å². The van der Waals surface area contributed by atoms with Crippen LogP contribution >= 0.6 is 11.6 Å². The lowest BCUT2D eigenvalue weighted by molar-refractivity contribution is 0.0762. The summed E-state index contributed by atoms with van der Waals surface area (Å²) in [5.41, 5.74) is 1.90. The number of nitrogens with one attached hydrogen (secondary N) is 2. The minimum atomic E-state index is -1.66. The molecule has 0 aromatic carbocycles. The summed E-state index contributed by atoms with van der Waals surface area (Å²) in [6.45, 7) is 0. The molecule has 0 bridgehead atoms. The standard InChI is InChI=1S/C4H8ClF2N3/c5-1-2(6)9-4(7)10-3(1)8/h1-4,9-10H,8H2/i/hD. The molecular weight excluding hydrogens is 164 g/mol. The number of halogens is 3. The number of nitrogens with two attached hydrogens (primary N) is 1. The van der Waals surface area contributed by atoms with Gasteiger partial charge in [-0.3, -0.25) is 5.32 Å². The maximum absolute atomic E-state index is 12.6. The van der Waals surface area contributed by atoms with Gasteiger partial charge in [-0.1, -0.05) is 0 Å². The van der Waals surface area contributed by atoms with Crippen molar-refractivity contribution in [2.24, 2.45) is 5.73 Å². The molecule has 0 saturated carbocycles. The average Bonchev–Trinajstić information content (AvgIpc) is 1.96. The first-order chi connectivity index (χ1) is 5.15. The molecule has 4 N–H and O–H groups in total. The molecule has 3 nitrogen and oxygen atoms in total. The molecule has 0 aromatic rings. The number of alkyl halides is 3. The summed E-state index contributed by atoms with van der Waals surface area (Å²) >= 11 is 5.45. The van der Waals surface area contributed by atoms with Crippen molar-refractivity contribution in [1.29, 1.82) is 0 Å². The van der Waals surface area contributed by atoms with E-state index in [0.717, 1.165) is 0 Å². The van der Waals surface area contributed by atoms with E-state index in [4.69, 9.17) is 13.0 Å². The van der Waals surface area contributed by atoms with Crippen LogP contribution in [0.5, 0.6) is 0 Å². The Morgan fingerprint density at radius 3 is 2.80 bits per heavy atom. The Hall–Kier alpha value is 0.0300. The van der Waals surface area contributed by atoms with E-state index in [1.165, 1.54) is 0 Å². The topological polar surface area (TPSA) is 50.1 Å². The van der Waals surface area contributed by atoms with Crippen LogP contribution in [0.1, 0.15) is 0 Å². The van der Waals surface area contributed by atoms with E-state index in [0.29, 0.717) is 0 Å². The summed E-state index contributed by atoms with van der Waals surface area (Å²) in [6.07, 6.45) is -4.18. The highest BCUT2D eigenvalue weighted by Crippen LogP contribution is 2.11. The van der Waals surface area contributed by atoms with Crippen molar-refractivity contribution < 1.29 is 10.2 Å². The second-order valence-electron chi connectivity index (χ2n) is 2.02. The summed E-state index contributed by atoms with van der Waals surface area (Å²) in [5, 5.41) is 3.10. The molecule has 6 heteroatoms. The molecule has 0 radical (unpaired) electrons. The quantitative estimate of drug-likeness (QED) is 0.373. The Morgan fingerprint density at radius 2 is 2.20 bits per heavy atom. The van der Waals surface area contributed by atoms with Gasteiger partial charge in [0.2, 0.25) is 6.42 Å².